The van der Waals surface area contributed by atoms with E-state index in [0.29, 0.717) is 25.9 Å². The smallest absolute Gasteiger partial charge is 0.246 e. The molecule has 0 saturated carbocycles. The Bertz CT molecular complexity index is 1780. The molecule has 1 fully saturated rings. The average Bonchev–Trinajstić information content (AvgIpc) is 3.75. The number of aliphatic hydroxyl groups excluding tert-OH is 1. The number of benzene rings is 2. The molecule has 0 bridgehead atoms. The minimum atomic E-state index is -0.869. The number of amides is 4. The molecule has 0 aliphatic carbocycles. The number of carbonyl (C=O) groups excluding carboxylic acids is 4. The first-order valence-corrected chi connectivity index (χ1v) is 20.4. The van der Waals surface area contributed by atoms with Crippen LogP contribution in [0.2, 0.25) is 0 Å². The molecule has 4 rings (SSSR count). The molecule has 6 atom stereocenters. The highest BCUT2D eigenvalue weighted by molar-refractivity contribution is 7.13. The molecule has 11 nitrogen and oxygen atoms in total. The van der Waals surface area contributed by atoms with Crippen LogP contribution in [0, 0.1) is 25.2 Å². The lowest BCUT2D eigenvalue weighted by Crippen LogP contribution is -2.57. The molecule has 2 heterocycles. The van der Waals surface area contributed by atoms with Crippen LogP contribution < -0.4 is 16.4 Å². The van der Waals surface area contributed by atoms with Gasteiger partial charge in [0.1, 0.15) is 12.1 Å². The number of β-amino-alcohol motifs (C(OH)–C–C–N with tert-alkyl or cyclic N) is 1. The minimum absolute atomic E-state index is 0. The Labute approximate surface area is 332 Å². The van der Waals surface area contributed by atoms with Gasteiger partial charge in [-0.3, -0.25) is 19.2 Å². The zero-order chi connectivity index (χ0) is 40.4. The molecular weight excluding hydrogens is 715 g/mol. The number of hydrogen-bond donors (Lipinski definition) is 4. The first-order chi connectivity index (χ1) is 25.9. The zero-order valence-electron chi connectivity index (χ0n) is 33.8. The van der Waals surface area contributed by atoms with Crippen molar-refractivity contribution in [1.82, 2.24) is 20.5 Å². The monoisotopic (exact) mass is 777 g/mol. The molecule has 302 valence electrons. The minimum Gasteiger partial charge on any atom is -0.391 e. The van der Waals surface area contributed by atoms with Crippen molar-refractivity contribution in [2.75, 3.05) is 6.54 Å². The van der Waals surface area contributed by atoms with Crippen molar-refractivity contribution >= 4 is 35.0 Å². The number of aromatic nitrogens is 1. The van der Waals surface area contributed by atoms with Gasteiger partial charge in [0.15, 0.2) is 0 Å². The Kier molecular flexibility index (Phi) is 15.6. The third-order valence-electron chi connectivity index (χ3n) is 10.7. The van der Waals surface area contributed by atoms with Crippen LogP contribution in [0.1, 0.15) is 115 Å². The number of carbonyl (C=O) groups is 4. The predicted octanol–water partition coefficient (Wildman–Crippen LogP) is 6.56. The van der Waals surface area contributed by atoms with E-state index in [9.17, 15) is 24.3 Å². The van der Waals surface area contributed by atoms with Gasteiger partial charge in [0.05, 0.1) is 40.9 Å². The first-order valence-electron chi connectivity index (χ1n) is 19.5. The van der Waals surface area contributed by atoms with Gasteiger partial charge in [-0.2, -0.15) is 0 Å². The van der Waals surface area contributed by atoms with E-state index >= 15 is 0 Å². The van der Waals surface area contributed by atoms with Gasteiger partial charge in [-0.15, -0.1) is 11.3 Å². The number of aryl methyl sites for hydroxylation is 3. The fourth-order valence-corrected chi connectivity index (χ4v) is 7.79. The van der Waals surface area contributed by atoms with Crippen molar-refractivity contribution in [2.24, 2.45) is 17.1 Å². The van der Waals surface area contributed by atoms with E-state index in [1.54, 1.807) is 11.3 Å². The summed E-state index contributed by atoms with van der Waals surface area (Å²) in [6, 6.07) is 12.3. The molecule has 0 radical (unpaired) electrons. The Morgan fingerprint density at radius 1 is 1.04 bits per heavy atom. The molecular formula is C43H63N5O6S. The summed E-state index contributed by atoms with van der Waals surface area (Å²) in [5.41, 5.74) is 12.9. The maximum Gasteiger partial charge on any atom is 0.246 e. The summed E-state index contributed by atoms with van der Waals surface area (Å²) in [6.07, 6.45) is 2.89. The van der Waals surface area contributed by atoms with Crippen molar-refractivity contribution in [3.05, 3.63) is 75.9 Å². The maximum absolute atomic E-state index is 14.1. The average molecular weight is 778 g/mol. The number of ether oxygens (including phenoxy) is 1. The zero-order valence-corrected chi connectivity index (χ0v) is 34.6. The lowest BCUT2D eigenvalue weighted by molar-refractivity contribution is -0.144. The fraction of sp³-hybridized carbons (Fsp3) is 0.558. The van der Waals surface area contributed by atoms with E-state index in [1.807, 2.05) is 71.3 Å². The van der Waals surface area contributed by atoms with Crippen LogP contribution in [0.5, 0.6) is 0 Å². The van der Waals surface area contributed by atoms with E-state index in [2.05, 4.69) is 47.7 Å². The molecule has 0 unspecified atom stereocenters. The molecule has 2 aromatic carbocycles. The maximum atomic E-state index is 14.1. The van der Waals surface area contributed by atoms with Gasteiger partial charge < -0.3 is 31.1 Å². The number of hydrogen-bond acceptors (Lipinski definition) is 8. The number of primary amides is 1. The van der Waals surface area contributed by atoms with E-state index < -0.39 is 23.6 Å². The Morgan fingerprint density at radius 3 is 2.36 bits per heavy atom. The van der Waals surface area contributed by atoms with Gasteiger partial charge in [-0.1, -0.05) is 70.2 Å². The molecule has 3 aromatic rings. The molecule has 1 aliphatic heterocycles. The standard InChI is InChI=1S/C43H61N5O6S.H2/c1-26(13-20-37(44)50)30(5)54-24-31-14-15-32(27(2)21-31)11-9-10-12-38(51)47-40(43(6,7)8)42(53)48-23-35(49)22-36(48)41(52)46-28(3)33-16-18-34(19-17-33)39-29(4)45-25-55-39;/h14-19,21,25-26,28,30,35-36,40,49H,9-13,20,22-24H2,1-8H3,(H2,44,50)(H,46,52)(H,47,51);1H/t26-,28-,30+,35+,36-,40+;/m0./s1. The van der Waals surface area contributed by atoms with E-state index in [1.165, 1.54) is 16.0 Å². The van der Waals surface area contributed by atoms with Gasteiger partial charge in [0, 0.05) is 27.2 Å². The van der Waals surface area contributed by atoms with Crippen molar-refractivity contribution < 1.29 is 30.4 Å². The molecule has 12 heteroatoms. The molecule has 4 amide bonds. The van der Waals surface area contributed by atoms with E-state index in [0.717, 1.165) is 40.1 Å². The topological polar surface area (TPSA) is 164 Å². The van der Waals surface area contributed by atoms with Crippen LogP contribution in [0.3, 0.4) is 0 Å². The summed E-state index contributed by atoms with van der Waals surface area (Å²) in [4.78, 5) is 58.9. The van der Waals surface area contributed by atoms with Gasteiger partial charge in [-0.05, 0) is 92.5 Å². The van der Waals surface area contributed by atoms with Gasteiger partial charge in [0.25, 0.3) is 0 Å². The van der Waals surface area contributed by atoms with E-state index in [-0.39, 0.29) is 62.5 Å². The summed E-state index contributed by atoms with van der Waals surface area (Å²) < 4.78 is 6.06. The van der Waals surface area contributed by atoms with Crippen LogP contribution in [0.25, 0.3) is 10.4 Å². The Morgan fingerprint density at radius 2 is 1.75 bits per heavy atom. The first kappa shape index (κ1) is 43.6. The summed E-state index contributed by atoms with van der Waals surface area (Å²) in [6.45, 7) is 16.2. The fourth-order valence-electron chi connectivity index (χ4n) is 6.97. The lowest BCUT2D eigenvalue weighted by atomic mass is 9.85. The van der Waals surface area contributed by atoms with Crippen molar-refractivity contribution in [3.63, 3.8) is 0 Å². The molecule has 1 aromatic heterocycles. The second-order valence-electron chi connectivity index (χ2n) is 16.3. The van der Waals surface area contributed by atoms with Crippen LogP contribution >= 0.6 is 11.3 Å². The molecule has 0 spiro atoms. The largest absolute Gasteiger partial charge is 0.391 e. The summed E-state index contributed by atoms with van der Waals surface area (Å²) in [7, 11) is 0. The van der Waals surface area contributed by atoms with Crippen LogP contribution in [0.4, 0.5) is 0 Å². The number of aliphatic hydroxyl groups is 1. The van der Waals surface area contributed by atoms with Crippen molar-refractivity contribution in [3.8, 4) is 10.4 Å². The van der Waals surface area contributed by atoms with E-state index in [4.69, 9.17) is 10.5 Å². The lowest BCUT2D eigenvalue weighted by Gasteiger charge is -2.35. The van der Waals surface area contributed by atoms with Gasteiger partial charge >= 0.3 is 0 Å². The predicted molar refractivity (Wildman–Crippen MR) is 219 cm³/mol. The normalized spacial score (nSPS) is 18.0. The summed E-state index contributed by atoms with van der Waals surface area (Å²) in [5.74, 6) is -0.998. The highest BCUT2D eigenvalue weighted by Gasteiger charge is 2.44. The van der Waals surface area contributed by atoms with Gasteiger partial charge in [-0.25, -0.2) is 4.98 Å². The van der Waals surface area contributed by atoms with Crippen LogP contribution in [-0.4, -0.2) is 69.5 Å². The number of nitrogens with one attached hydrogen (secondary N) is 2. The molecule has 55 heavy (non-hydrogen) atoms. The van der Waals surface area contributed by atoms with Crippen LogP contribution in [-0.2, 0) is 36.9 Å². The number of thiazole rings is 1. The molecule has 1 aliphatic rings. The third-order valence-corrected chi connectivity index (χ3v) is 11.7. The third kappa shape index (κ3) is 12.4. The number of likely N-dealkylation sites (tertiary alicyclic amines) is 1. The SMILES string of the molecule is Cc1cc(CO[C@H](C)[C@@H](C)CCC(N)=O)ccc1CCCCC(=O)N[C@H](C(=O)N1C[C@H](O)C[C@H]1C(=O)N[C@@H](C)c1ccc(-c2scnc2C)cc1)C(C)(C)C.[HH]. The second kappa shape index (κ2) is 19.6. The highest BCUT2D eigenvalue weighted by atomic mass is 32.1. The second-order valence-corrected chi connectivity index (χ2v) is 17.2. The van der Waals surface area contributed by atoms with Crippen molar-refractivity contribution in [1.29, 1.82) is 0 Å². The number of unbranched alkanes of at least 4 members (excludes halogenated alkanes) is 1. The number of nitrogens with zero attached hydrogens (tertiary/aromatic N) is 2. The number of rotatable bonds is 18. The van der Waals surface area contributed by atoms with Gasteiger partial charge in [0.2, 0.25) is 23.6 Å². The Hall–Kier alpha value is -4.13. The summed E-state index contributed by atoms with van der Waals surface area (Å²) >= 11 is 1.58. The summed E-state index contributed by atoms with van der Waals surface area (Å²) in [5, 5.41) is 16.6. The quantitative estimate of drug-likeness (QED) is 0.106. The Balaban J connectivity index is 0.00000841. The highest BCUT2D eigenvalue weighted by Crippen LogP contribution is 2.30. The van der Waals surface area contributed by atoms with Crippen molar-refractivity contribution in [2.45, 2.75) is 137 Å². The molecule has 1 saturated heterocycles. The number of nitrogens with two attached hydrogens (primary N) is 1. The molecule has 5 N–H and O–H groups in total. The van der Waals surface area contributed by atoms with Crippen LogP contribution in [0.15, 0.2) is 48.0 Å².